The Balaban J connectivity index is 1.33. The molecule has 0 saturated carbocycles. The Morgan fingerprint density at radius 2 is 1.88 bits per heavy atom. The smallest absolute Gasteiger partial charge is 0.246 e. The van der Waals surface area contributed by atoms with Crippen LogP contribution in [-0.4, -0.2) is 50.0 Å². The standard InChI is InChI=1S/C19H21N5O2/c25-19(13-24-21-17-8-1-2-9-18(17)22-24)23-11-5-7-16(12-23)26-14-15-6-3-4-10-20-15/h1-4,6,8-10,16H,5,7,11-14H2. The SMILES string of the molecule is O=C(Cn1nc2ccccc2n1)N1CCCC(OCc2ccccn2)C1. The number of piperidine rings is 1. The predicted molar refractivity (Wildman–Crippen MR) is 96.2 cm³/mol. The minimum absolute atomic E-state index is 0.0245. The largest absolute Gasteiger partial charge is 0.370 e. The number of hydrogen-bond acceptors (Lipinski definition) is 5. The lowest BCUT2D eigenvalue weighted by Gasteiger charge is -2.32. The molecular formula is C19H21N5O2. The van der Waals surface area contributed by atoms with Gasteiger partial charge >= 0.3 is 0 Å². The van der Waals surface area contributed by atoms with Gasteiger partial charge in [-0.15, -0.1) is 0 Å². The molecule has 0 bridgehead atoms. The molecule has 1 amide bonds. The molecule has 0 radical (unpaired) electrons. The summed E-state index contributed by atoms with van der Waals surface area (Å²) in [6.45, 7) is 1.98. The second-order valence-corrected chi connectivity index (χ2v) is 6.46. The van der Waals surface area contributed by atoms with Crippen molar-refractivity contribution in [2.45, 2.75) is 32.1 Å². The minimum Gasteiger partial charge on any atom is -0.370 e. The van der Waals surface area contributed by atoms with Crippen LogP contribution >= 0.6 is 0 Å². The first kappa shape index (κ1) is 16.7. The fraction of sp³-hybridized carbons (Fsp3) is 0.368. The van der Waals surface area contributed by atoms with E-state index in [-0.39, 0.29) is 18.6 Å². The van der Waals surface area contributed by atoms with Crippen molar-refractivity contribution in [2.75, 3.05) is 13.1 Å². The number of nitrogens with zero attached hydrogens (tertiary/aromatic N) is 5. The van der Waals surface area contributed by atoms with Gasteiger partial charge in [0, 0.05) is 19.3 Å². The molecule has 1 fully saturated rings. The molecule has 7 heteroatoms. The average molecular weight is 351 g/mol. The maximum absolute atomic E-state index is 12.6. The van der Waals surface area contributed by atoms with Crippen molar-refractivity contribution in [3.05, 3.63) is 54.4 Å². The van der Waals surface area contributed by atoms with E-state index in [0.29, 0.717) is 13.2 Å². The number of pyridine rings is 1. The fourth-order valence-corrected chi connectivity index (χ4v) is 3.18. The van der Waals surface area contributed by atoms with E-state index in [1.54, 1.807) is 6.20 Å². The van der Waals surface area contributed by atoms with Crippen LogP contribution in [0.15, 0.2) is 48.7 Å². The van der Waals surface area contributed by atoms with Crippen LogP contribution in [0.1, 0.15) is 18.5 Å². The van der Waals surface area contributed by atoms with E-state index in [1.807, 2.05) is 47.4 Å². The summed E-state index contributed by atoms with van der Waals surface area (Å²) in [6, 6.07) is 13.4. The second kappa shape index (κ2) is 7.61. The lowest BCUT2D eigenvalue weighted by molar-refractivity contribution is -0.136. The lowest BCUT2D eigenvalue weighted by atomic mass is 10.1. The number of likely N-dealkylation sites (tertiary alicyclic amines) is 1. The molecule has 134 valence electrons. The third-order valence-electron chi connectivity index (χ3n) is 4.53. The third-order valence-corrected chi connectivity index (χ3v) is 4.53. The normalized spacial score (nSPS) is 17.5. The molecule has 3 aromatic rings. The van der Waals surface area contributed by atoms with Gasteiger partial charge in [0.15, 0.2) is 0 Å². The summed E-state index contributed by atoms with van der Waals surface area (Å²) in [5.41, 5.74) is 2.51. The van der Waals surface area contributed by atoms with Crippen molar-refractivity contribution in [3.63, 3.8) is 0 Å². The molecule has 7 nitrogen and oxygen atoms in total. The topological polar surface area (TPSA) is 73.1 Å². The van der Waals surface area contributed by atoms with E-state index < -0.39 is 0 Å². The van der Waals surface area contributed by atoms with Gasteiger partial charge in [-0.05, 0) is 37.1 Å². The summed E-state index contributed by atoms with van der Waals surface area (Å²) in [4.78, 5) is 20.2. The Bertz CT molecular complexity index is 847. The Hall–Kier alpha value is -2.80. The van der Waals surface area contributed by atoms with E-state index in [1.165, 1.54) is 4.80 Å². The number of amides is 1. The number of aromatic nitrogens is 4. The monoisotopic (exact) mass is 351 g/mol. The maximum atomic E-state index is 12.6. The Kier molecular flexibility index (Phi) is 4.88. The molecule has 1 aliphatic heterocycles. The van der Waals surface area contributed by atoms with Crippen LogP contribution in [0.4, 0.5) is 0 Å². The molecule has 0 spiro atoms. The van der Waals surface area contributed by atoms with E-state index in [0.717, 1.165) is 36.1 Å². The summed E-state index contributed by atoms with van der Waals surface area (Å²) >= 11 is 0. The number of ether oxygens (including phenoxy) is 1. The molecular weight excluding hydrogens is 330 g/mol. The predicted octanol–water partition coefficient (Wildman–Crippen LogP) is 2.03. The van der Waals surface area contributed by atoms with Crippen molar-refractivity contribution < 1.29 is 9.53 Å². The number of carbonyl (C=O) groups is 1. The molecule has 1 aromatic carbocycles. The lowest BCUT2D eigenvalue weighted by Crippen LogP contribution is -2.44. The quantitative estimate of drug-likeness (QED) is 0.703. The Morgan fingerprint density at radius 1 is 1.12 bits per heavy atom. The number of carbonyl (C=O) groups excluding carboxylic acids is 1. The Morgan fingerprint density at radius 3 is 2.62 bits per heavy atom. The molecule has 1 unspecified atom stereocenters. The minimum atomic E-state index is 0.0245. The van der Waals surface area contributed by atoms with Crippen molar-refractivity contribution >= 4 is 16.9 Å². The van der Waals surface area contributed by atoms with Gasteiger partial charge in [-0.1, -0.05) is 18.2 Å². The molecule has 2 aromatic heterocycles. The van der Waals surface area contributed by atoms with Gasteiger partial charge in [0.25, 0.3) is 0 Å². The summed E-state index contributed by atoms with van der Waals surface area (Å²) < 4.78 is 5.95. The molecule has 4 rings (SSSR count). The van der Waals surface area contributed by atoms with Crippen LogP contribution in [0.2, 0.25) is 0 Å². The highest BCUT2D eigenvalue weighted by molar-refractivity contribution is 5.77. The number of benzene rings is 1. The van der Waals surface area contributed by atoms with Gasteiger partial charge in [-0.25, -0.2) is 0 Å². The van der Waals surface area contributed by atoms with E-state index >= 15 is 0 Å². The van der Waals surface area contributed by atoms with Crippen molar-refractivity contribution in [2.24, 2.45) is 0 Å². The number of hydrogen-bond donors (Lipinski definition) is 0. The van der Waals surface area contributed by atoms with Crippen molar-refractivity contribution in [1.82, 2.24) is 24.9 Å². The Labute approximate surface area is 151 Å². The van der Waals surface area contributed by atoms with E-state index in [2.05, 4.69) is 15.2 Å². The zero-order chi connectivity index (χ0) is 17.8. The van der Waals surface area contributed by atoms with Gasteiger partial charge in [-0.3, -0.25) is 9.78 Å². The van der Waals surface area contributed by atoms with Crippen LogP contribution in [0, 0.1) is 0 Å². The average Bonchev–Trinajstić information content (AvgIpc) is 3.09. The van der Waals surface area contributed by atoms with Gasteiger partial charge in [0.1, 0.15) is 17.6 Å². The second-order valence-electron chi connectivity index (χ2n) is 6.46. The zero-order valence-corrected chi connectivity index (χ0v) is 14.5. The van der Waals surface area contributed by atoms with Crippen LogP contribution in [0.25, 0.3) is 11.0 Å². The van der Waals surface area contributed by atoms with Gasteiger partial charge in [0.2, 0.25) is 5.91 Å². The number of fused-ring (bicyclic) bond motifs is 1. The third kappa shape index (κ3) is 3.88. The van der Waals surface area contributed by atoms with Crippen LogP contribution in [0.3, 0.4) is 0 Å². The summed E-state index contributed by atoms with van der Waals surface area (Å²) in [5, 5.41) is 8.72. The molecule has 1 saturated heterocycles. The molecule has 0 N–H and O–H groups in total. The highest BCUT2D eigenvalue weighted by Gasteiger charge is 2.24. The summed E-state index contributed by atoms with van der Waals surface area (Å²) in [6.07, 6.45) is 3.70. The number of rotatable bonds is 5. The van der Waals surface area contributed by atoms with E-state index in [4.69, 9.17) is 4.74 Å². The molecule has 1 atom stereocenters. The van der Waals surface area contributed by atoms with Crippen molar-refractivity contribution in [3.8, 4) is 0 Å². The van der Waals surface area contributed by atoms with Gasteiger partial charge in [-0.2, -0.15) is 15.0 Å². The highest BCUT2D eigenvalue weighted by Crippen LogP contribution is 2.15. The molecule has 1 aliphatic rings. The first-order valence-electron chi connectivity index (χ1n) is 8.87. The van der Waals surface area contributed by atoms with Gasteiger partial charge in [0.05, 0.1) is 18.4 Å². The zero-order valence-electron chi connectivity index (χ0n) is 14.5. The summed E-state index contributed by atoms with van der Waals surface area (Å²) in [5.74, 6) is 0.0245. The fourth-order valence-electron chi connectivity index (χ4n) is 3.18. The maximum Gasteiger partial charge on any atom is 0.246 e. The first-order chi connectivity index (χ1) is 12.8. The molecule has 0 aliphatic carbocycles. The van der Waals surface area contributed by atoms with Crippen LogP contribution < -0.4 is 0 Å². The summed E-state index contributed by atoms with van der Waals surface area (Å²) in [7, 11) is 0. The van der Waals surface area contributed by atoms with E-state index in [9.17, 15) is 4.79 Å². The van der Waals surface area contributed by atoms with Crippen molar-refractivity contribution in [1.29, 1.82) is 0 Å². The highest BCUT2D eigenvalue weighted by atomic mass is 16.5. The molecule has 3 heterocycles. The van der Waals surface area contributed by atoms with Gasteiger partial charge < -0.3 is 9.64 Å². The molecule has 26 heavy (non-hydrogen) atoms. The van der Waals surface area contributed by atoms with Crippen LogP contribution in [0.5, 0.6) is 0 Å². The first-order valence-corrected chi connectivity index (χ1v) is 8.87. The van der Waals surface area contributed by atoms with Crippen LogP contribution in [-0.2, 0) is 22.7 Å².